The van der Waals surface area contributed by atoms with Crippen molar-refractivity contribution in [2.45, 2.75) is 45.7 Å². The number of aromatic nitrogens is 3. The van der Waals surface area contributed by atoms with Crippen LogP contribution < -0.4 is 5.32 Å². The molecule has 0 spiro atoms. The molecule has 190 valence electrons. The van der Waals surface area contributed by atoms with Gasteiger partial charge in [0.15, 0.2) is 0 Å². The fourth-order valence-electron chi connectivity index (χ4n) is 4.92. The molecule has 0 aliphatic carbocycles. The normalized spacial score (nSPS) is 15.2. The lowest BCUT2D eigenvalue weighted by Gasteiger charge is -2.37. The maximum absolute atomic E-state index is 13.4. The van der Waals surface area contributed by atoms with Crippen LogP contribution in [0.15, 0.2) is 54.9 Å². The monoisotopic (exact) mass is 493 g/mol. The molecular weight excluding hydrogens is 461 g/mol. The Morgan fingerprint density at radius 2 is 1.78 bits per heavy atom. The first-order valence-electron chi connectivity index (χ1n) is 12.3. The number of hydrogen-bond donors (Lipinski definition) is 2. The maximum atomic E-state index is 13.4. The van der Waals surface area contributed by atoms with Crippen molar-refractivity contribution in [2.24, 2.45) is 11.8 Å². The summed E-state index contributed by atoms with van der Waals surface area (Å²) in [4.78, 5) is 30.4. The summed E-state index contributed by atoms with van der Waals surface area (Å²) in [5.41, 5.74) is 3.45. The second kappa shape index (κ2) is 11.3. The lowest BCUT2D eigenvalue weighted by atomic mass is 9.83. The number of hydrogen-bond acceptors (Lipinski definition) is 4. The Morgan fingerprint density at radius 1 is 1.11 bits per heavy atom. The molecule has 1 unspecified atom stereocenters. The van der Waals surface area contributed by atoms with Crippen LogP contribution in [0, 0.1) is 17.7 Å². The quantitative estimate of drug-likeness (QED) is 0.490. The van der Waals surface area contributed by atoms with E-state index in [1.165, 1.54) is 12.1 Å². The van der Waals surface area contributed by atoms with Crippen molar-refractivity contribution in [3.05, 3.63) is 71.9 Å². The molecule has 0 radical (unpaired) electrons. The highest BCUT2D eigenvalue weighted by atomic mass is 19.1. The molecule has 1 fully saturated rings. The first-order chi connectivity index (χ1) is 17.3. The highest BCUT2D eigenvalue weighted by Gasteiger charge is 2.31. The number of benzene rings is 1. The molecule has 3 aromatic rings. The zero-order valence-electron chi connectivity index (χ0n) is 20.6. The molecule has 2 aromatic heterocycles. The number of nitrogens with zero attached hydrogens (tertiary/aromatic N) is 4. The number of amides is 2. The molecule has 9 heteroatoms. The molecule has 4 rings (SSSR count). The Bertz CT molecular complexity index is 1170. The number of carboxylic acid groups (broad SMARTS) is 1. The third kappa shape index (κ3) is 6.27. The minimum Gasteiger partial charge on any atom is -0.465 e. The van der Waals surface area contributed by atoms with E-state index in [2.05, 4.69) is 10.3 Å². The first-order valence-corrected chi connectivity index (χ1v) is 12.3. The molecule has 1 aliphatic rings. The fourth-order valence-corrected chi connectivity index (χ4v) is 4.92. The van der Waals surface area contributed by atoms with E-state index in [0.717, 1.165) is 35.4 Å². The molecule has 1 saturated heterocycles. The summed E-state index contributed by atoms with van der Waals surface area (Å²) in [5.74, 6) is 0.0623. The second-order valence-electron chi connectivity index (χ2n) is 9.66. The number of carbonyl (C=O) groups excluding carboxylic acids is 1. The van der Waals surface area contributed by atoms with Gasteiger partial charge in [-0.15, -0.1) is 0 Å². The Kier molecular flexibility index (Phi) is 7.97. The van der Waals surface area contributed by atoms with Crippen LogP contribution in [0.2, 0.25) is 0 Å². The van der Waals surface area contributed by atoms with Crippen LogP contribution in [0.3, 0.4) is 0 Å². The van der Waals surface area contributed by atoms with Crippen molar-refractivity contribution in [3.8, 4) is 11.3 Å². The summed E-state index contributed by atoms with van der Waals surface area (Å²) in [7, 11) is 0. The van der Waals surface area contributed by atoms with Gasteiger partial charge in [0.05, 0.1) is 5.69 Å². The average Bonchev–Trinajstić information content (AvgIpc) is 3.26. The van der Waals surface area contributed by atoms with Gasteiger partial charge in [0.25, 0.3) is 0 Å². The number of piperidine rings is 1. The minimum atomic E-state index is -1.01. The topological polar surface area (TPSA) is 100 Å². The maximum Gasteiger partial charge on any atom is 0.404 e. The zero-order valence-corrected chi connectivity index (χ0v) is 20.6. The van der Waals surface area contributed by atoms with Crippen molar-refractivity contribution in [2.75, 3.05) is 13.1 Å². The summed E-state index contributed by atoms with van der Waals surface area (Å²) in [5, 5.41) is 16.6. The average molecular weight is 494 g/mol. The molecule has 36 heavy (non-hydrogen) atoms. The second-order valence-corrected chi connectivity index (χ2v) is 9.66. The number of nitrogens with one attached hydrogen (secondary N) is 1. The summed E-state index contributed by atoms with van der Waals surface area (Å²) in [6.45, 7) is 5.30. The largest absolute Gasteiger partial charge is 0.465 e. The molecule has 1 aromatic carbocycles. The van der Waals surface area contributed by atoms with E-state index in [9.17, 15) is 19.1 Å². The summed E-state index contributed by atoms with van der Waals surface area (Å²) in [6, 6.07) is 11.9. The standard InChI is InChI=1S/C27H32FN5O3/c1-18(2)26(30-27(35)36)21-9-13-32(14-10-21)25(34)17-33-23(15-19-3-5-22(28)6-4-19)16-24(31-33)20-7-11-29-12-8-20/h3-8,11-12,16,18,21,26,30H,9-10,13-15,17H2,1-2H3,(H,35,36). The van der Waals surface area contributed by atoms with Gasteiger partial charge in [-0.2, -0.15) is 5.10 Å². The van der Waals surface area contributed by atoms with E-state index >= 15 is 0 Å². The van der Waals surface area contributed by atoms with E-state index in [1.807, 2.05) is 36.9 Å². The highest BCUT2D eigenvalue weighted by molar-refractivity contribution is 5.76. The molecule has 8 nitrogen and oxygen atoms in total. The predicted molar refractivity (Wildman–Crippen MR) is 134 cm³/mol. The summed E-state index contributed by atoms with van der Waals surface area (Å²) in [6.07, 6.45) is 4.41. The molecule has 1 aliphatic heterocycles. The Morgan fingerprint density at radius 3 is 2.39 bits per heavy atom. The summed E-state index contributed by atoms with van der Waals surface area (Å²) < 4.78 is 15.1. The SMILES string of the molecule is CC(C)C(NC(=O)O)C1CCN(C(=O)Cn2nc(-c3ccncc3)cc2Cc2ccc(F)cc2)CC1. The summed E-state index contributed by atoms with van der Waals surface area (Å²) >= 11 is 0. The van der Waals surface area contributed by atoms with Crippen LogP contribution in [0.5, 0.6) is 0 Å². The lowest BCUT2D eigenvalue weighted by Crippen LogP contribution is -2.49. The van der Waals surface area contributed by atoms with Gasteiger partial charge in [-0.1, -0.05) is 26.0 Å². The van der Waals surface area contributed by atoms with Gasteiger partial charge in [0.2, 0.25) is 5.91 Å². The molecule has 3 heterocycles. The molecule has 0 bridgehead atoms. The number of pyridine rings is 1. The molecule has 2 N–H and O–H groups in total. The fraction of sp³-hybridized carbons (Fsp3) is 0.407. The Balaban J connectivity index is 1.47. The van der Waals surface area contributed by atoms with Gasteiger partial charge in [-0.25, -0.2) is 9.18 Å². The Labute approximate surface area is 210 Å². The smallest absolute Gasteiger partial charge is 0.404 e. The first kappa shape index (κ1) is 25.3. The number of halogens is 1. The van der Waals surface area contributed by atoms with Crippen LogP contribution >= 0.6 is 0 Å². The van der Waals surface area contributed by atoms with Gasteiger partial charge in [0.1, 0.15) is 12.4 Å². The minimum absolute atomic E-state index is 0.0227. The van der Waals surface area contributed by atoms with Crippen molar-refractivity contribution in [1.82, 2.24) is 25.0 Å². The van der Waals surface area contributed by atoms with Crippen molar-refractivity contribution < 1.29 is 19.1 Å². The van der Waals surface area contributed by atoms with E-state index in [-0.39, 0.29) is 36.1 Å². The van der Waals surface area contributed by atoms with Crippen LogP contribution in [-0.4, -0.2) is 55.9 Å². The molecular formula is C27H32FN5O3. The van der Waals surface area contributed by atoms with Crippen molar-refractivity contribution in [3.63, 3.8) is 0 Å². The Hall–Kier alpha value is -3.75. The molecule has 0 saturated carbocycles. The van der Waals surface area contributed by atoms with E-state index < -0.39 is 6.09 Å². The van der Waals surface area contributed by atoms with Crippen LogP contribution in [0.1, 0.15) is 37.9 Å². The van der Waals surface area contributed by atoms with Gasteiger partial charge >= 0.3 is 6.09 Å². The predicted octanol–water partition coefficient (Wildman–Crippen LogP) is 4.21. The molecule has 2 amide bonds. The molecule has 1 atom stereocenters. The van der Waals surface area contributed by atoms with Gasteiger partial charge in [-0.05, 0) is 60.6 Å². The number of rotatable bonds is 8. The third-order valence-corrected chi connectivity index (χ3v) is 6.83. The van der Waals surface area contributed by atoms with Gasteiger partial charge in [-0.3, -0.25) is 14.5 Å². The van der Waals surface area contributed by atoms with Gasteiger partial charge < -0.3 is 15.3 Å². The number of likely N-dealkylation sites (tertiary alicyclic amines) is 1. The van der Waals surface area contributed by atoms with E-state index in [1.54, 1.807) is 29.2 Å². The lowest BCUT2D eigenvalue weighted by molar-refractivity contribution is -0.133. The van der Waals surface area contributed by atoms with Crippen LogP contribution in [0.25, 0.3) is 11.3 Å². The van der Waals surface area contributed by atoms with Gasteiger partial charge in [0, 0.05) is 49.2 Å². The van der Waals surface area contributed by atoms with Crippen LogP contribution in [0.4, 0.5) is 9.18 Å². The van der Waals surface area contributed by atoms with Crippen molar-refractivity contribution >= 4 is 12.0 Å². The van der Waals surface area contributed by atoms with E-state index in [0.29, 0.717) is 19.5 Å². The van der Waals surface area contributed by atoms with Crippen molar-refractivity contribution in [1.29, 1.82) is 0 Å². The highest BCUT2D eigenvalue weighted by Crippen LogP contribution is 2.26. The zero-order chi connectivity index (χ0) is 25.7. The van der Waals surface area contributed by atoms with E-state index in [4.69, 9.17) is 5.10 Å². The van der Waals surface area contributed by atoms with Crippen LogP contribution in [-0.2, 0) is 17.8 Å². The number of carbonyl (C=O) groups is 2. The third-order valence-electron chi connectivity index (χ3n) is 6.83.